The Labute approximate surface area is 186 Å². The van der Waals surface area contributed by atoms with Crippen LogP contribution in [0.5, 0.6) is 11.6 Å². The van der Waals surface area contributed by atoms with Gasteiger partial charge in [0.1, 0.15) is 0 Å². The zero-order valence-corrected chi connectivity index (χ0v) is 18.0. The molecule has 3 aromatic carbocycles. The highest BCUT2D eigenvalue weighted by Crippen LogP contribution is 2.32. The SMILES string of the molecule is Cc1cccc(NC(=O)CCc2c(C)nn(-c3ccccc3)c2Oc2ccccc2F)c1. The minimum absolute atomic E-state index is 0.107. The van der Waals surface area contributed by atoms with E-state index in [4.69, 9.17) is 4.74 Å². The number of carbonyl (C=O) groups excluding carboxylic acids is 1. The van der Waals surface area contributed by atoms with Gasteiger partial charge in [0.2, 0.25) is 11.8 Å². The molecule has 0 bridgehead atoms. The summed E-state index contributed by atoms with van der Waals surface area (Å²) < 4.78 is 22.0. The third kappa shape index (κ3) is 4.86. The number of hydrogen-bond acceptors (Lipinski definition) is 3. The van der Waals surface area contributed by atoms with Crippen molar-refractivity contribution >= 4 is 11.6 Å². The van der Waals surface area contributed by atoms with Crippen molar-refractivity contribution in [2.24, 2.45) is 0 Å². The summed E-state index contributed by atoms with van der Waals surface area (Å²) in [6, 6.07) is 23.4. The van der Waals surface area contributed by atoms with Gasteiger partial charge < -0.3 is 10.1 Å². The minimum Gasteiger partial charge on any atom is -0.436 e. The maximum absolute atomic E-state index is 14.3. The van der Waals surface area contributed by atoms with E-state index in [9.17, 15) is 9.18 Å². The normalized spacial score (nSPS) is 10.7. The third-order valence-electron chi connectivity index (χ3n) is 5.09. The Hall–Kier alpha value is -3.93. The molecule has 0 unspecified atom stereocenters. The van der Waals surface area contributed by atoms with Crippen LogP contribution in [0, 0.1) is 19.7 Å². The Morgan fingerprint density at radius 2 is 1.75 bits per heavy atom. The molecule has 0 aliphatic carbocycles. The van der Waals surface area contributed by atoms with Crippen molar-refractivity contribution in [3.8, 4) is 17.3 Å². The summed E-state index contributed by atoms with van der Waals surface area (Å²) in [5.74, 6) is -0.0643. The molecule has 1 heterocycles. The predicted octanol–water partition coefficient (Wildman–Crippen LogP) is 5.99. The van der Waals surface area contributed by atoms with Crippen molar-refractivity contribution in [2.45, 2.75) is 26.7 Å². The summed E-state index contributed by atoms with van der Waals surface area (Å²) in [5.41, 5.74) is 4.11. The lowest BCUT2D eigenvalue weighted by Gasteiger charge is -2.12. The van der Waals surface area contributed by atoms with Crippen molar-refractivity contribution in [1.82, 2.24) is 9.78 Å². The molecule has 0 spiro atoms. The van der Waals surface area contributed by atoms with Gasteiger partial charge >= 0.3 is 0 Å². The number of carbonyl (C=O) groups is 1. The van der Waals surface area contributed by atoms with Gasteiger partial charge in [-0.05, 0) is 62.2 Å². The summed E-state index contributed by atoms with van der Waals surface area (Å²) >= 11 is 0. The number of ether oxygens (including phenoxy) is 1. The Bertz CT molecular complexity index is 1240. The number of amides is 1. The minimum atomic E-state index is -0.464. The number of halogens is 1. The molecule has 0 saturated heterocycles. The maximum atomic E-state index is 14.3. The number of rotatable bonds is 7. The molecule has 162 valence electrons. The van der Waals surface area contributed by atoms with E-state index in [-0.39, 0.29) is 18.1 Å². The van der Waals surface area contributed by atoms with E-state index in [0.717, 1.165) is 28.2 Å². The molecule has 1 N–H and O–H groups in total. The highest BCUT2D eigenvalue weighted by molar-refractivity contribution is 5.90. The predicted molar refractivity (Wildman–Crippen MR) is 123 cm³/mol. The Morgan fingerprint density at radius 3 is 2.50 bits per heavy atom. The Kier molecular flexibility index (Phi) is 6.31. The zero-order chi connectivity index (χ0) is 22.5. The molecule has 1 aromatic heterocycles. The lowest BCUT2D eigenvalue weighted by molar-refractivity contribution is -0.116. The van der Waals surface area contributed by atoms with Gasteiger partial charge in [-0.3, -0.25) is 4.79 Å². The molecule has 0 aliphatic heterocycles. The molecule has 0 radical (unpaired) electrons. The molecule has 0 atom stereocenters. The first-order valence-electron chi connectivity index (χ1n) is 10.4. The van der Waals surface area contributed by atoms with Crippen molar-refractivity contribution in [3.05, 3.63) is 102 Å². The second-order valence-corrected chi connectivity index (χ2v) is 7.57. The molecule has 32 heavy (non-hydrogen) atoms. The van der Waals surface area contributed by atoms with E-state index in [0.29, 0.717) is 12.3 Å². The van der Waals surface area contributed by atoms with Crippen LogP contribution in [0.15, 0.2) is 78.9 Å². The largest absolute Gasteiger partial charge is 0.436 e. The molecule has 0 aliphatic rings. The number of benzene rings is 3. The van der Waals surface area contributed by atoms with E-state index in [1.165, 1.54) is 6.07 Å². The number of hydrogen-bond donors (Lipinski definition) is 1. The van der Waals surface area contributed by atoms with Crippen LogP contribution in [0.4, 0.5) is 10.1 Å². The fourth-order valence-electron chi connectivity index (χ4n) is 3.49. The number of aryl methyl sites for hydroxylation is 2. The summed E-state index contributed by atoms with van der Waals surface area (Å²) in [6.45, 7) is 3.84. The van der Waals surface area contributed by atoms with E-state index in [2.05, 4.69) is 10.4 Å². The number of aromatic nitrogens is 2. The van der Waals surface area contributed by atoms with Crippen LogP contribution >= 0.6 is 0 Å². The van der Waals surface area contributed by atoms with Gasteiger partial charge in [-0.1, -0.05) is 42.5 Å². The van der Waals surface area contributed by atoms with E-state index in [1.54, 1.807) is 22.9 Å². The van der Waals surface area contributed by atoms with Gasteiger partial charge in [0.05, 0.1) is 11.4 Å². The highest BCUT2D eigenvalue weighted by atomic mass is 19.1. The van der Waals surface area contributed by atoms with Gasteiger partial charge in [0, 0.05) is 17.7 Å². The van der Waals surface area contributed by atoms with E-state index >= 15 is 0 Å². The number of nitrogens with zero attached hydrogens (tertiary/aromatic N) is 2. The average molecular weight is 429 g/mol. The molecule has 0 saturated carbocycles. The first-order valence-corrected chi connectivity index (χ1v) is 10.4. The molecule has 1 amide bonds. The summed E-state index contributed by atoms with van der Waals surface area (Å²) in [5, 5.41) is 7.54. The van der Waals surface area contributed by atoms with Gasteiger partial charge in [0.15, 0.2) is 11.6 Å². The van der Waals surface area contributed by atoms with Crippen LogP contribution in [-0.4, -0.2) is 15.7 Å². The molecular weight excluding hydrogens is 405 g/mol. The van der Waals surface area contributed by atoms with Crippen molar-refractivity contribution in [2.75, 3.05) is 5.32 Å². The highest BCUT2D eigenvalue weighted by Gasteiger charge is 2.21. The molecular formula is C26H24FN3O2. The number of anilines is 1. The van der Waals surface area contributed by atoms with Gasteiger partial charge in [-0.2, -0.15) is 5.10 Å². The standard InChI is InChI=1S/C26H24FN3O2/c1-18-9-8-10-20(17-18)28-25(31)16-15-22-19(2)29-30(21-11-4-3-5-12-21)26(22)32-24-14-7-6-13-23(24)27/h3-14,17H,15-16H2,1-2H3,(H,28,31). The van der Waals surface area contributed by atoms with E-state index < -0.39 is 5.82 Å². The van der Waals surface area contributed by atoms with Gasteiger partial charge in [0.25, 0.3) is 0 Å². The molecule has 0 fully saturated rings. The quantitative estimate of drug-likeness (QED) is 0.392. The smallest absolute Gasteiger partial charge is 0.226 e. The van der Waals surface area contributed by atoms with Crippen molar-refractivity contribution < 1.29 is 13.9 Å². The van der Waals surface area contributed by atoms with Crippen LogP contribution in [0.3, 0.4) is 0 Å². The van der Waals surface area contributed by atoms with Crippen LogP contribution in [-0.2, 0) is 11.2 Å². The fourth-order valence-corrected chi connectivity index (χ4v) is 3.49. The zero-order valence-electron chi connectivity index (χ0n) is 18.0. The second-order valence-electron chi connectivity index (χ2n) is 7.57. The lowest BCUT2D eigenvalue weighted by atomic mass is 10.1. The molecule has 4 aromatic rings. The van der Waals surface area contributed by atoms with E-state index in [1.807, 2.05) is 68.4 Å². The van der Waals surface area contributed by atoms with Crippen LogP contribution in [0.2, 0.25) is 0 Å². The van der Waals surface area contributed by atoms with Crippen LogP contribution < -0.4 is 10.1 Å². The summed E-state index contributed by atoms with van der Waals surface area (Å²) in [7, 11) is 0. The number of para-hydroxylation sites is 2. The third-order valence-corrected chi connectivity index (χ3v) is 5.09. The number of nitrogens with one attached hydrogen (secondary N) is 1. The van der Waals surface area contributed by atoms with Crippen LogP contribution in [0.1, 0.15) is 23.2 Å². The monoisotopic (exact) mass is 429 g/mol. The van der Waals surface area contributed by atoms with Crippen molar-refractivity contribution in [3.63, 3.8) is 0 Å². The first-order chi connectivity index (χ1) is 15.5. The molecule has 5 nitrogen and oxygen atoms in total. The topological polar surface area (TPSA) is 56.2 Å². The van der Waals surface area contributed by atoms with Crippen molar-refractivity contribution in [1.29, 1.82) is 0 Å². The fraction of sp³-hybridized carbons (Fsp3) is 0.154. The second kappa shape index (κ2) is 9.47. The maximum Gasteiger partial charge on any atom is 0.226 e. The summed E-state index contributed by atoms with van der Waals surface area (Å²) in [6.07, 6.45) is 0.642. The first kappa shape index (κ1) is 21.3. The summed E-state index contributed by atoms with van der Waals surface area (Å²) in [4.78, 5) is 12.6. The van der Waals surface area contributed by atoms with Gasteiger partial charge in [-0.25, -0.2) is 9.07 Å². The lowest BCUT2D eigenvalue weighted by Crippen LogP contribution is -2.12. The van der Waals surface area contributed by atoms with Gasteiger partial charge in [-0.15, -0.1) is 0 Å². The van der Waals surface area contributed by atoms with Crippen LogP contribution in [0.25, 0.3) is 5.69 Å². The molecule has 4 rings (SSSR count). The average Bonchev–Trinajstić information content (AvgIpc) is 3.09. The Balaban J connectivity index is 1.61. The Morgan fingerprint density at radius 1 is 1.00 bits per heavy atom. The molecule has 6 heteroatoms.